The van der Waals surface area contributed by atoms with E-state index in [1.165, 1.54) is 12.1 Å². The van der Waals surface area contributed by atoms with E-state index in [4.69, 9.17) is 9.84 Å². The van der Waals surface area contributed by atoms with Gasteiger partial charge in [0.2, 0.25) is 0 Å². The second-order valence-corrected chi connectivity index (χ2v) is 7.36. The summed E-state index contributed by atoms with van der Waals surface area (Å²) in [5.74, 6) is -0.671. The number of hydrogen-bond acceptors (Lipinski definition) is 4. The van der Waals surface area contributed by atoms with Gasteiger partial charge in [-0.05, 0) is 31.0 Å². The molecule has 2 rings (SSSR count). The zero-order valence-corrected chi connectivity index (χ0v) is 11.9. The van der Waals surface area contributed by atoms with E-state index in [-0.39, 0.29) is 23.2 Å². The first-order chi connectivity index (χ1) is 9.49. The maximum Gasteiger partial charge on any atom is 0.335 e. The number of carboxylic acid groups (broad SMARTS) is 1. The fourth-order valence-corrected chi connectivity index (χ4v) is 4.11. The average molecular weight is 298 g/mol. The van der Waals surface area contributed by atoms with E-state index < -0.39 is 15.8 Å². The Morgan fingerprint density at radius 2 is 2.00 bits per heavy atom. The number of rotatable bonds is 6. The van der Waals surface area contributed by atoms with Crippen LogP contribution in [0.25, 0.3) is 0 Å². The van der Waals surface area contributed by atoms with Crippen LogP contribution >= 0.6 is 0 Å². The van der Waals surface area contributed by atoms with E-state index in [2.05, 4.69) is 0 Å². The third-order valence-corrected chi connectivity index (χ3v) is 5.75. The molecule has 0 aliphatic heterocycles. The molecular weight excluding hydrogens is 280 g/mol. The van der Waals surface area contributed by atoms with Crippen molar-refractivity contribution in [3.05, 3.63) is 29.8 Å². The van der Waals surface area contributed by atoms with Crippen molar-refractivity contribution in [1.29, 1.82) is 0 Å². The summed E-state index contributed by atoms with van der Waals surface area (Å²) in [5, 5.41) is 8.63. The van der Waals surface area contributed by atoms with Gasteiger partial charge in [-0.2, -0.15) is 0 Å². The van der Waals surface area contributed by atoms with Gasteiger partial charge in [0.15, 0.2) is 9.84 Å². The Balaban J connectivity index is 1.89. The van der Waals surface area contributed by atoms with Gasteiger partial charge in [-0.15, -0.1) is 0 Å². The molecule has 1 N–H and O–H groups in total. The maximum absolute atomic E-state index is 12.0. The van der Waals surface area contributed by atoms with Crippen LogP contribution in [0.2, 0.25) is 0 Å². The van der Waals surface area contributed by atoms with Crippen molar-refractivity contribution >= 4 is 15.8 Å². The predicted octanol–water partition coefficient (Wildman–Crippen LogP) is 2.12. The van der Waals surface area contributed by atoms with Gasteiger partial charge in [-0.1, -0.05) is 18.9 Å². The molecule has 0 spiro atoms. The highest BCUT2D eigenvalue weighted by molar-refractivity contribution is 7.92. The Morgan fingerprint density at radius 1 is 1.30 bits per heavy atom. The number of sulfone groups is 1. The first kappa shape index (κ1) is 14.8. The Morgan fingerprint density at radius 3 is 2.65 bits per heavy atom. The Kier molecular flexibility index (Phi) is 4.65. The van der Waals surface area contributed by atoms with E-state index in [0.717, 1.165) is 25.7 Å². The smallest absolute Gasteiger partial charge is 0.335 e. The van der Waals surface area contributed by atoms with Crippen molar-refractivity contribution in [2.75, 3.05) is 12.4 Å². The molecule has 0 heterocycles. The van der Waals surface area contributed by atoms with Crippen LogP contribution in [0.3, 0.4) is 0 Å². The number of ether oxygens (including phenoxy) is 1. The molecule has 0 unspecified atom stereocenters. The van der Waals surface area contributed by atoms with Gasteiger partial charge in [0.05, 0.1) is 16.6 Å². The monoisotopic (exact) mass is 298 g/mol. The average Bonchev–Trinajstić information content (AvgIpc) is 2.93. The lowest BCUT2D eigenvalue weighted by Gasteiger charge is -2.12. The fourth-order valence-electron chi connectivity index (χ4n) is 2.41. The number of aromatic carboxylic acids is 1. The highest BCUT2D eigenvalue weighted by Gasteiger charge is 2.28. The molecule has 6 heteroatoms. The van der Waals surface area contributed by atoms with E-state index in [1.54, 1.807) is 12.1 Å². The number of carbonyl (C=O) groups is 1. The molecule has 0 bridgehead atoms. The molecule has 110 valence electrons. The van der Waals surface area contributed by atoms with E-state index >= 15 is 0 Å². The van der Waals surface area contributed by atoms with Crippen LogP contribution in [-0.4, -0.2) is 37.1 Å². The third kappa shape index (κ3) is 3.72. The summed E-state index contributed by atoms with van der Waals surface area (Å²) in [4.78, 5) is 10.8. The SMILES string of the molecule is O=C(O)c1cccc(OCCS(=O)(=O)C2CCCC2)c1. The molecule has 1 aromatic carbocycles. The fraction of sp³-hybridized carbons (Fsp3) is 0.500. The summed E-state index contributed by atoms with van der Waals surface area (Å²) in [6.07, 6.45) is 3.45. The standard InChI is InChI=1S/C14H18O5S/c15-14(16)11-4-3-5-12(10-11)19-8-9-20(17,18)13-6-1-2-7-13/h3-5,10,13H,1-2,6-9H2,(H,15,16). The quantitative estimate of drug-likeness (QED) is 0.870. The van der Waals surface area contributed by atoms with Crippen molar-refractivity contribution < 1.29 is 23.1 Å². The minimum absolute atomic E-state index is 0.0189. The molecule has 1 saturated carbocycles. The van der Waals surface area contributed by atoms with Crippen LogP contribution in [0, 0.1) is 0 Å². The molecule has 1 aromatic rings. The zero-order valence-electron chi connectivity index (χ0n) is 11.1. The topological polar surface area (TPSA) is 80.7 Å². The lowest BCUT2D eigenvalue weighted by molar-refractivity contribution is 0.0696. The second-order valence-electron chi connectivity index (χ2n) is 4.95. The van der Waals surface area contributed by atoms with Gasteiger partial charge < -0.3 is 9.84 Å². The summed E-state index contributed by atoms with van der Waals surface area (Å²) in [6.45, 7) is 0.0574. The van der Waals surface area contributed by atoms with Crippen molar-refractivity contribution in [3.8, 4) is 5.75 Å². The lowest BCUT2D eigenvalue weighted by Crippen LogP contribution is -2.24. The minimum atomic E-state index is -3.10. The van der Waals surface area contributed by atoms with E-state index in [1.807, 2.05) is 0 Å². The molecule has 0 amide bonds. The molecule has 0 radical (unpaired) electrons. The molecule has 1 aliphatic rings. The summed E-state index contributed by atoms with van der Waals surface area (Å²) in [7, 11) is -3.10. The summed E-state index contributed by atoms with van der Waals surface area (Å²) >= 11 is 0. The van der Waals surface area contributed by atoms with Crippen LogP contribution in [0.15, 0.2) is 24.3 Å². The van der Waals surface area contributed by atoms with E-state index in [9.17, 15) is 13.2 Å². The van der Waals surface area contributed by atoms with Crippen LogP contribution in [0.4, 0.5) is 0 Å². The summed E-state index contributed by atoms with van der Waals surface area (Å²) < 4.78 is 29.4. The summed E-state index contributed by atoms with van der Waals surface area (Å²) in [5.41, 5.74) is 0.126. The Bertz CT molecular complexity index is 573. The highest BCUT2D eigenvalue weighted by atomic mass is 32.2. The Labute approximate surface area is 118 Å². The van der Waals surface area contributed by atoms with Gasteiger partial charge in [-0.3, -0.25) is 0 Å². The van der Waals surface area contributed by atoms with Crippen molar-refractivity contribution in [2.24, 2.45) is 0 Å². The Hall–Kier alpha value is -1.56. The van der Waals surface area contributed by atoms with Crippen LogP contribution < -0.4 is 4.74 Å². The maximum atomic E-state index is 12.0. The normalized spacial score (nSPS) is 16.2. The van der Waals surface area contributed by atoms with Crippen molar-refractivity contribution in [1.82, 2.24) is 0 Å². The van der Waals surface area contributed by atoms with E-state index in [0.29, 0.717) is 5.75 Å². The number of carboxylic acids is 1. The zero-order chi connectivity index (χ0) is 14.6. The molecular formula is C14H18O5S. The van der Waals surface area contributed by atoms with Gasteiger partial charge >= 0.3 is 5.97 Å². The number of hydrogen-bond donors (Lipinski definition) is 1. The second kappa shape index (κ2) is 6.26. The van der Waals surface area contributed by atoms with Crippen molar-refractivity contribution in [3.63, 3.8) is 0 Å². The number of benzene rings is 1. The molecule has 1 fully saturated rings. The van der Waals surface area contributed by atoms with Gasteiger partial charge in [0.1, 0.15) is 12.4 Å². The first-order valence-corrected chi connectivity index (χ1v) is 8.38. The molecule has 1 aliphatic carbocycles. The first-order valence-electron chi connectivity index (χ1n) is 6.67. The van der Waals surface area contributed by atoms with Gasteiger partial charge in [0.25, 0.3) is 0 Å². The van der Waals surface area contributed by atoms with Crippen molar-refractivity contribution in [2.45, 2.75) is 30.9 Å². The third-order valence-electron chi connectivity index (χ3n) is 3.53. The molecule has 0 saturated heterocycles. The predicted molar refractivity (Wildman–Crippen MR) is 74.9 cm³/mol. The van der Waals surface area contributed by atoms with Crippen LogP contribution in [-0.2, 0) is 9.84 Å². The van der Waals surface area contributed by atoms with Crippen LogP contribution in [0.1, 0.15) is 36.0 Å². The van der Waals surface area contributed by atoms with Gasteiger partial charge in [0, 0.05) is 0 Å². The minimum Gasteiger partial charge on any atom is -0.493 e. The molecule has 20 heavy (non-hydrogen) atoms. The van der Waals surface area contributed by atoms with Gasteiger partial charge in [-0.25, -0.2) is 13.2 Å². The highest BCUT2D eigenvalue weighted by Crippen LogP contribution is 2.25. The molecule has 0 atom stereocenters. The molecule has 0 aromatic heterocycles. The lowest BCUT2D eigenvalue weighted by atomic mass is 10.2. The molecule has 5 nitrogen and oxygen atoms in total. The largest absolute Gasteiger partial charge is 0.493 e. The summed E-state index contributed by atoms with van der Waals surface area (Å²) in [6, 6.07) is 6.05. The van der Waals surface area contributed by atoms with Crippen LogP contribution in [0.5, 0.6) is 5.75 Å².